The third kappa shape index (κ3) is 5.86. The number of aryl methyl sites for hydroxylation is 1. The van der Waals surface area contributed by atoms with Crippen molar-refractivity contribution in [2.75, 3.05) is 0 Å². The fourth-order valence-corrected chi connectivity index (χ4v) is 2.35. The quantitative estimate of drug-likeness (QED) is 0.804. The van der Waals surface area contributed by atoms with Crippen LogP contribution in [0.1, 0.15) is 40.5 Å². The first kappa shape index (κ1) is 18.9. The van der Waals surface area contributed by atoms with Crippen molar-refractivity contribution in [3.8, 4) is 0 Å². The van der Waals surface area contributed by atoms with Crippen LogP contribution in [0.5, 0.6) is 0 Å². The Morgan fingerprint density at radius 2 is 2.00 bits per heavy atom. The van der Waals surface area contributed by atoms with E-state index < -0.39 is 17.6 Å². The van der Waals surface area contributed by atoms with Gasteiger partial charge in [-0.25, -0.2) is 0 Å². The summed E-state index contributed by atoms with van der Waals surface area (Å²) in [6.07, 6.45) is -1.19. The monoisotopic (exact) mass is 351 g/mol. The zero-order valence-electron chi connectivity index (χ0n) is 13.8. The smallest absolute Gasteiger partial charge is 0.364 e. The molecule has 2 aromatic rings. The maximum absolute atomic E-state index is 12.7. The van der Waals surface area contributed by atoms with E-state index in [1.165, 1.54) is 6.07 Å². The summed E-state index contributed by atoms with van der Waals surface area (Å²) < 4.78 is 38.1. The predicted molar refractivity (Wildman–Crippen MR) is 88.8 cm³/mol. The number of benzene rings is 1. The topological polar surface area (TPSA) is 68.0 Å². The second-order valence-corrected chi connectivity index (χ2v) is 5.93. The number of hydrogen-bond acceptors (Lipinski definition) is 3. The molecule has 1 amide bonds. The van der Waals surface area contributed by atoms with Gasteiger partial charge >= 0.3 is 6.18 Å². The van der Waals surface area contributed by atoms with Crippen LogP contribution in [-0.2, 0) is 19.1 Å². The minimum absolute atomic E-state index is 0.116. The fraction of sp³-hybridized carbons (Fsp3) is 0.333. The molecule has 25 heavy (non-hydrogen) atoms. The summed E-state index contributed by atoms with van der Waals surface area (Å²) in [5.74, 6) is -0.567. The first-order chi connectivity index (χ1) is 11.8. The number of amides is 1. The molecule has 0 spiro atoms. The molecule has 1 aromatic carbocycles. The highest BCUT2D eigenvalue weighted by Gasteiger charge is 2.30. The summed E-state index contributed by atoms with van der Waals surface area (Å²) >= 11 is 0. The molecule has 1 unspecified atom stereocenters. The molecule has 1 heterocycles. The second-order valence-electron chi connectivity index (χ2n) is 5.93. The normalized spacial score (nSPS) is 12.8. The van der Waals surface area contributed by atoms with Crippen molar-refractivity contribution in [1.82, 2.24) is 10.3 Å². The Hall–Kier alpha value is -2.41. The van der Waals surface area contributed by atoms with Crippen LogP contribution in [0.25, 0.3) is 0 Å². The number of aromatic nitrogens is 1. The van der Waals surface area contributed by atoms with Gasteiger partial charge in [0.2, 0.25) is 0 Å². The molecule has 134 valence electrons. The lowest BCUT2D eigenvalue weighted by atomic mass is 10.1. The van der Waals surface area contributed by atoms with Gasteiger partial charge in [-0.15, -0.1) is 0 Å². The van der Waals surface area contributed by atoms with Crippen molar-refractivity contribution in [2.45, 2.75) is 38.5 Å². The minimum Gasteiger partial charge on any atom is -0.364 e. The summed E-state index contributed by atoms with van der Waals surface area (Å²) in [6.45, 7) is 2.34. The van der Waals surface area contributed by atoms with Gasteiger partial charge in [0, 0.05) is 18.8 Å². The molecule has 3 N–H and O–H groups in total. The average molecular weight is 351 g/mol. The highest BCUT2D eigenvalue weighted by Crippen LogP contribution is 2.29. The third-order valence-corrected chi connectivity index (χ3v) is 3.85. The number of nitrogens with two attached hydrogens (primary N) is 1. The predicted octanol–water partition coefficient (Wildman–Crippen LogP) is 3.31. The van der Waals surface area contributed by atoms with Crippen molar-refractivity contribution in [2.24, 2.45) is 5.73 Å². The Morgan fingerprint density at radius 1 is 1.24 bits per heavy atom. The van der Waals surface area contributed by atoms with Gasteiger partial charge in [0.05, 0.1) is 5.56 Å². The Labute approximate surface area is 144 Å². The van der Waals surface area contributed by atoms with Gasteiger partial charge in [0.15, 0.2) is 0 Å². The zero-order valence-corrected chi connectivity index (χ0v) is 13.8. The lowest BCUT2D eigenvalue weighted by Gasteiger charge is -2.15. The molecule has 0 aliphatic heterocycles. The van der Waals surface area contributed by atoms with Crippen LogP contribution < -0.4 is 11.1 Å². The van der Waals surface area contributed by atoms with E-state index in [1.807, 2.05) is 6.92 Å². The van der Waals surface area contributed by atoms with E-state index >= 15 is 0 Å². The molecule has 7 heteroatoms. The number of primary amides is 1. The van der Waals surface area contributed by atoms with Crippen molar-refractivity contribution in [3.05, 3.63) is 65.0 Å². The summed E-state index contributed by atoms with van der Waals surface area (Å²) in [7, 11) is 0. The Morgan fingerprint density at radius 3 is 2.60 bits per heavy atom. The van der Waals surface area contributed by atoms with Crippen molar-refractivity contribution >= 4 is 5.91 Å². The number of halogens is 3. The molecule has 1 aromatic heterocycles. The molecule has 0 bridgehead atoms. The zero-order chi connectivity index (χ0) is 18.4. The van der Waals surface area contributed by atoms with Crippen molar-refractivity contribution in [3.63, 3.8) is 0 Å². The first-order valence-electron chi connectivity index (χ1n) is 7.90. The molecule has 0 aliphatic carbocycles. The Bertz CT molecular complexity index is 714. The minimum atomic E-state index is -4.33. The van der Waals surface area contributed by atoms with E-state index in [-0.39, 0.29) is 11.7 Å². The second kappa shape index (κ2) is 8.11. The number of nitrogens with one attached hydrogen (secondary N) is 1. The van der Waals surface area contributed by atoms with Gasteiger partial charge < -0.3 is 11.1 Å². The van der Waals surface area contributed by atoms with E-state index in [2.05, 4.69) is 10.3 Å². The van der Waals surface area contributed by atoms with Gasteiger partial charge in [0.1, 0.15) is 5.69 Å². The number of nitrogens with zero attached hydrogens (tertiary/aromatic N) is 1. The molecule has 4 nitrogen and oxygen atoms in total. The molecule has 0 aliphatic rings. The van der Waals surface area contributed by atoms with Crippen molar-refractivity contribution < 1.29 is 18.0 Å². The lowest BCUT2D eigenvalue weighted by molar-refractivity contribution is -0.137. The molecule has 2 rings (SSSR count). The standard InChI is InChI=1S/C18H20F3N3O/c1-12(5-6-13-7-8-16(17(22)25)24-10-13)23-11-14-3-2-4-15(9-14)18(19,20)21/h2-4,7-10,12,23H,5-6,11H2,1H3,(H2,22,25). The van der Waals surface area contributed by atoms with Gasteiger partial charge in [-0.1, -0.05) is 24.3 Å². The van der Waals surface area contributed by atoms with Crippen LogP contribution in [0.15, 0.2) is 42.6 Å². The molecule has 0 radical (unpaired) electrons. The summed E-state index contributed by atoms with van der Waals surface area (Å²) in [6, 6.07) is 8.80. The molecule has 0 saturated heterocycles. The lowest BCUT2D eigenvalue weighted by Crippen LogP contribution is -2.26. The van der Waals surface area contributed by atoms with Gasteiger partial charge in [0.25, 0.3) is 5.91 Å². The number of alkyl halides is 3. The molecule has 0 fully saturated rings. The number of carbonyl (C=O) groups excluding carboxylic acids is 1. The van der Waals surface area contributed by atoms with Crippen LogP contribution in [0.3, 0.4) is 0 Å². The molecule has 0 saturated carbocycles. The molecule has 1 atom stereocenters. The van der Waals surface area contributed by atoms with Gasteiger partial charge in [-0.2, -0.15) is 13.2 Å². The maximum Gasteiger partial charge on any atom is 0.416 e. The van der Waals surface area contributed by atoms with Crippen LogP contribution in [0.2, 0.25) is 0 Å². The highest BCUT2D eigenvalue weighted by molar-refractivity contribution is 5.90. The number of hydrogen-bond donors (Lipinski definition) is 2. The Kier molecular flexibility index (Phi) is 6.14. The molecular formula is C18H20F3N3O. The van der Waals surface area contributed by atoms with Crippen molar-refractivity contribution in [1.29, 1.82) is 0 Å². The van der Waals surface area contributed by atoms with Crippen LogP contribution >= 0.6 is 0 Å². The SMILES string of the molecule is CC(CCc1ccc(C(N)=O)nc1)NCc1cccc(C(F)(F)F)c1. The van der Waals surface area contributed by atoms with Crippen LogP contribution in [0.4, 0.5) is 13.2 Å². The van der Waals surface area contributed by atoms with E-state index in [0.29, 0.717) is 12.1 Å². The van der Waals surface area contributed by atoms with E-state index in [9.17, 15) is 18.0 Å². The van der Waals surface area contributed by atoms with E-state index in [4.69, 9.17) is 5.73 Å². The first-order valence-corrected chi connectivity index (χ1v) is 7.90. The fourth-order valence-electron chi connectivity index (χ4n) is 2.35. The summed E-state index contributed by atoms with van der Waals surface area (Å²) in [4.78, 5) is 14.9. The highest BCUT2D eigenvalue weighted by atomic mass is 19.4. The van der Waals surface area contributed by atoms with Gasteiger partial charge in [-0.05, 0) is 43.0 Å². The van der Waals surface area contributed by atoms with Crippen LogP contribution in [0, 0.1) is 0 Å². The average Bonchev–Trinajstić information content (AvgIpc) is 2.58. The largest absolute Gasteiger partial charge is 0.416 e. The van der Waals surface area contributed by atoms with Gasteiger partial charge in [-0.3, -0.25) is 9.78 Å². The summed E-state index contributed by atoms with van der Waals surface area (Å²) in [5.41, 5.74) is 6.28. The summed E-state index contributed by atoms with van der Waals surface area (Å²) in [5, 5.41) is 3.22. The van der Waals surface area contributed by atoms with E-state index in [0.717, 1.165) is 30.5 Å². The van der Waals surface area contributed by atoms with Crippen LogP contribution in [-0.4, -0.2) is 16.9 Å². The third-order valence-electron chi connectivity index (χ3n) is 3.85. The number of rotatable bonds is 7. The van der Waals surface area contributed by atoms with E-state index in [1.54, 1.807) is 24.4 Å². The Balaban J connectivity index is 1.82. The maximum atomic E-state index is 12.7. The molecular weight excluding hydrogens is 331 g/mol. The number of pyridine rings is 1. The number of carbonyl (C=O) groups is 1.